The lowest BCUT2D eigenvalue weighted by molar-refractivity contribution is 0.0988. The predicted octanol–water partition coefficient (Wildman–Crippen LogP) is 5.86. The van der Waals surface area contributed by atoms with E-state index in [2.05, 4.69) is 30.4 Å². The Balaban J connectivity index is 0.000000374. The second-order valence-corrected chi connectivity index (χ2v) is 5.18. The van der Waals surface area contributed by atoms with Gasteiger partial charge in [-0.05, 0) is 41.5 Å². The topological polar surface area (TPSA) is 9.23 Å². The van der Waals surface area contributed by atoms with E-state index in [-0.39, 0.29) is 0 Å². The molecule has 3 aliphatic rings. The monoisotopic (exact) mass is 284 g/mol. The molecule has 1 heteroatoms. The van der Waals surface area contributed by atoms with E-state index in [1.807, 2.05) is 27.7 Å². The van der Waals surface area contributed by atoms with Gasteiger partial charge in [0.05, 0.1) is 13.2 Å². The maximum Gasteiger partial charge on any atom is 0.0720 e. The number of ether oxygens (including phenoxy) is 1. The van der Waals surface area contributed by atoms with Gasteiger partial charge in [-0.1, -0.05) is 63.6 Å². The minimum atomic E-state index is 0.549. The SMILES string of the molecule is C1=CC2=C(CCC1)C1COCc3cccc2c31.CC.CC. The van der Waals surface area contributed by atoms with Gasteiger partial charge in [-0.3, -0.25) is 0 Å². The van der Waals surface area contributed by atoms with Crippen molar-refractivity contribution in [3.05, 3.63) is 52.6 Å². The summed E-state index contributed by atoms with van der Waals surface area (Å²) in [6, 6.07) is 6.69. The second-order valence-electron chi connectivity index (χ2n) is 5.18. The molecule has 0 spiro atoms. The van der Waals surface area contributed by atoms with Gasteiger partial charge >= 0.3 is 0 Å². The van der Waals surface area contributed by atoms with Gasteiger partial charge in [-0.15, -0.1) is 0 Å². The maximum atomic E-state index is 5.76. The number of fused-ring (bicyclic) bond motifs is 2. The molecule has 4 rings (SSSR count). The predicted molar refractivity (Wildman–Crippen MR) is 91.4 cm³/mol. The minimum Gasteiger partial charge on any atom is -0.376 e. The van der Waals surface area contributed by atoms with Crippen LogP contribution >= 0.6 is 0 Å². The van der Waals surface area contributed by atoms with Crippen LogP contribution in [0.4, 0.5) is 0 Å². The molecule has 1 aromatic rings. The van der Waals surface area contributed by atoms with Crippen molar-refractivity contribution >= 4 is 5.57 Å². The van der Waals surface area contributed by atoms with Gasteiger partial charge < -0.3 is 4.74 Å². The Morgan fingerprint density at radius 1 is 1.10 bits per heavy atom. The summed E-state index contributed by atoms with van der Waals surface area (Å²) in [5.41, 5.74) is 7.57. The molecule has 1 atom stereocenters. The summed E-state index contributed by atoms with van der Waals surface area (Å²) in [6.45, 7) is 9.68. The van der Waals surface area contributed by atoms with Gasteiger partial charge in [0.15, 0.2) is 0 Å². The zero-order chi connectivity index (χ0) is 15.2. The van der Waals surface area contributed by atoms with Crippen molar-refractivity contribution in [2.75, 3.05) is 6.61 Å². The van der Waals surface area contributed by atoms with Crippen LogP contribution in [0.25, 0.3) is 5.57 Å². The van der Waals surface area contributed by atoms with Gasteiger partial charge in [0.1, 0.15) is 0 Å². The number of hydrogen-bond donors (Lipinski definition) is 0. The van der Waals surface area contributed by atoms with Crippen LogP contribution in [0.1, 0.15) is 69.6 Å². The van der Waals surface area contributed by atoms with Gasteiger partial charge in [-0.25, -0.2) is 0 Å². The largest absolute Gasteiger partial charge is 0.376 e. The summed E-state index contributed by atoms with van der Waals surface area (Å²) < 4.78 is 5.76. The van der Waals surface area contributed by atoms with Crippen molar-refractivity contribution in [3.63, 3.8) is 0 Å². The lowest BCUT2D eigenvalue weighted by Crippen LogP contribution is -2.16. The molecule has 21 heavy (non-hydrogen) atoms. The van der Waals surface area contributed by atoms with Crippen molar-refractivity contribution in [3.8, 4) is 0 Å². The van der Waals surface area contributed by atoms with E-state index in [0.29, 0.717) is 5.92 Å². The van der Waals surface area contributed by atoms with Crippen LogP contribution < -0.4 is 0 Å². The minimum absolute atomic E-state index is 0.549. The highest BCUT2D eigenvalue weighted by Crippen LogP contribution is 2.48. The lowest BCUT2D eigenvalue weighted by atomic mass is 9.89. The molecule has 0 fully saturated rings. The van der Waals surface area contributed by atoms with Crippen LogP contribution in [0.2, 0.25) is 0 Å². The molecule has 114 valence electrons. The van der Waals surface area contributed by atoms with Crippen LogP contribution in [0.15, 0.2) is 35.9 Å². The molecule has 1 aromatic carbocycles. The van der Waals surface area contributed by atoms with E-state index in [9.17, 15) is 0 Å². The van der Waals surface area contributed by atoms with Gasteiger partial charge in [0.2, 0.25) is 0 Å². The quantitative estimate of drug-likeness (QED) is 0.579. The molecule has 0 saturated carbocycles. The molecule has 1 nitrogen and oxygen atoms in total. The molecule has 0 radical (unpaired) electrons. The lowest BCUT2D eigenvalue weighted by Gasteiger charge is -2.24. The third-order valence-electron chi connectivity index (χ3n) is 4.25. The number of benzene rings is 1. The number of allylic oxidation sites excluding steroid dienone is 3. The first-order valence-electron chi connectivity index (χ1n) is 8.54. The molecule has 1 unspecified atom stereocenters. The van der Waals surface area contributed by atoms with Gasteiger partial charge in [-0.2, -0.15) is 0 Å². The fourth-order valence-electron chi connectivity index (χ4n) is 3.51. The molecule has 1 heterocycles. The Bertz CT molecular complexity index is 537. The van der Waals surface area contributed by atoms with E-state index in [1.165, 1.54) is 36.0 Å². The number of hydrogen-bond acceptors (Lipinski definition) is 1. The first-order chi connectivity index (χ1) is 10.4. The molecule has 0 saturated heterocycles. The summed E-state index contributed by atoms with van der Waals surface area (Å²) in [5, 5.41) is 0. The Kier molecular flexibility index (Phi) is 5.81. The zero-order valence-electron chi connectivity index (χ0n) is 13.9. The van der Waals surface area contributed by atoms with Crippen molar-refractivity contribution in [2.24, 2.45) is 0 Å². The van der Waals surface area contributed by atoms with Crippen LogP contribution in [-0.4, -0.2) is 6.61 Å². The smallest absolute Gasteiger partial charge is 0.0720 e. The van der Waals surface area contributed by atoms with Crippen molar-refractivity contribution in [2.45, 2.75) is 59.5 Å². The van der Waals surface area contributed by atoms with E-state index in [1.54, 1.807) is 11.1 Å². The Labute approximate surface area is 129 Å². The molecule has 0 amide bonds. The highest BCUT2D eigenvalue weighted by molar-refractivity contribution is 5.85. The third kappa shape index (κ3) is 2.85. The van der Waals surface area contributed by atoms with E-state index in [4.69, 9.17) is 4.74 Å². The average molecular weight is 284 g/mol. The molecular weight excluding hydrogens is 256 g/mol. The van der Waals surface area contributed by atoms with Crippen molar-refractivity contribution in [1.82, 2.24) is 0 Å². The third-order valence-corrected chi connectivity index (χ3v) is 4.25. The highest BCUT2D eigenvalue weighted by atomic mass is 16.5. The molecule has 2 aliphatic carbocycles. The molecule has 0 bridgehead atoms. The van der Waals surface area contributed by atoms with Crippen molar-refractivity contribution < 1.29 is 4.74 Å². The maximum absolute atomic E-state index is 5.76. The van der Waals surface area contributed by atoms with E-state index >= 15 is 0 Å². The summed E-state index contributed by atoms with van der Waals surface area (Å²) in [7, 11) is 0. The van der Waals surface area contributed by atoms with Gasteiger partial charge in [0.25, 0.3) is 0 Å². The highest BCUT2D eigenvalue weighted by Gasteiger charge is 2.34. The van der Waals surface area contributed by atoms with E-state index in [0.717, 1.165) is 13.2 Å². The Morgan fingerprint density at radius 2 is 1.90 bits per heavy atom. The molecule has 0 N–H and O–H groups in total. The average Bonchev–Trinajstić information content (AvgIpc) is 2.74. The molecule has 0 aromatic heterocycles. The standard InChI is InChI=1S/C16H16O.2C2H6/c1-2-6-12-13(7-3-1)15-10-17-9-11-5-4-8-14(12)16(11)15;2*1-2/h2,4-6,8,15H,1,3,7,9-10H2;2*1-2H3. The second kappa shape index (κ2) is 7.61. The zero-order valence-corrected chi connectivity index (χ0v) is 13.9. The van der Waals surface area contributed by atoms with Gasteiger partial charge in [0, 0.05) is 5.92 Å². The normalized spacial score (nSPS) is 21.2. The van der Waals surface area contributed by atoms with Crippen LogP contribution in [0.5, 0.6) is 0 Å². The van der Waals surface area contributed by atoms with E-state index < -0.39 is 0 Å². The molecular formula is C20H28O. The summed E-state index contributed by atoms with van der Waals surface area (Å²) in [6.07, 6.45) is 8.42. The molecule has 1 aliphatic heterocycles. The Hall–Kier alpha value is -1.34. The number of rotatable bonds is 0. The first-order valence-corrected chi connectivity index (χ1v) is 8.54. The van der Waals surface area contributed by atoms with Crippen LogP contribution in [0, 0.1) is 0 Å². The summed E-state index contributed by atoms with van der Waals surface area (Å²) in [5.74, 6) is 0.549. The van der Waals surface area contributed by atoms with Crippen LogP contribution in [-0.2, 0) is 11.3 Å². The summed E-state index contributed by atoms with van der Waals surface area (Å²) >= 11 is 0. The Morgan fingerprint density at radius 3 is 2.71 bits per heavy atom. The fraction of sp³-hybridized carbons (Fsp3) is 0.500. The van der Waals surface area contributed by atoms with Crippen LogP contribution in [0.3, 0.4) is 0 Å². The summed E-state index contributed by atoms with van der Waals surface area (Å²) in [4.78, 5) is 0. The van der Waals surface area contributed by atoms with Crippen molar-refractivity contribution in [1.29, 1.82) is 0 Å². The first kappa shape index (κ1) is 16.0. The fourth-order valence-corrected chi connectivity index (χ4v) is 3.51.